The van der Waals surface area contributed by atoms with Gasteiger partial charge in [-0.05, 0) is 35.8 Å². The molecule has 0 aromatic heterocycles. The summed E-state index contributed by atoms with van der Waals surface area (Å²) >= 11 is 0. The summed E-state index contributed by atoms with van der Waals surface area (Å²) in [5, 5.41) is 0. The Kier molecular flexibility index (Phi) is 4.08. The molecule has 2 heteroatoms. The van der Waals surface area contributed by atoms with E-state index in [4.69, 9.17) is 10.5 Å². The Morgan fingerprint density at radius 1 is 1.22 bits per heavy atom. The third-order valence-corrected chi connectivity index (χ3v) is 3.77. The van der Waals surface area contributed by atoms with Crippen molar-refractivity contribution in [2.75, 3.05) is 6.61 Å². The van der Waals surface area contributed by atoms with E-state index >= 15 is 0 Å². The third-order valence-electron chi connectivity index (χ3n) is 3.77. The summed E-state index contributed by atoms with van der Waals surface area (Å²) in [6.07, 6.45) is 4.18. The van der Waals surface area contributed by atoms with Gasteiger partial charge in [0.2, 0.25) is 0 Å². The van der Waals surface area contributed by atoms with Gasteiger partial charge in [-0.1, -0.05) is 45.0 Å². The second kappa shape index (κ2) is 5.41. The molecule has 0 bridgehead atoms. The summed E-state index contributed by atoms with van der Waals surface area (Å²) in [6.45, 7) is 7.31. The molecule has 1 aliphatic carbocycles. The van der Waals surface area contributed by atoms with Crippen LogP contribution in [0.15, 0.2) is 24.3 Å². The summed E-state index contributed by atoms with van der Waals surface area (Å²) in [4.78, 5) is 0. The number of ether oxygens (including phenoxy) is 1. The van der Waals surface area contributed by atoms with Crippen molar-refractivity contribution in [3.63, 3.8) is 0 Å². The van der Waals surface area contributed by atoms with Gasteiger partial charge in [0.15, 0.2) is 0 Å². The van der Waals surface area contributed by atoms with Gasteiger partial charge in [0.05, 0.1) is 18.8 Å². The average Bonchev–Trinajstić information content (AvgIpc) is 2.26. The molecule has 0 aliphatic heterocycles. The summed E-state index contributed by atoms with van der Waals surface area (Å²) in [5.74, 6) is 0. The lowest BCUT2D eigenvalue weighted by Crippen LogP contribution is -2.26. The fourth-order valence-electron chi connectivity index (χ4n) is 2.10. The first kappa shape index (κ1) is 13.6. The van der Waals surface area contributed by atoms with Gasteiger partial charge in [-0.3, -0.25) is 0 Å². The van der Waals surface area contributed by atoms with E-state index in [0.29, 0.717) is 12.7 Å². The van der Waals surface area contributed by atoms with E-state index in [1.165, 1.54) is 30.4 Å². The van der Waals surface area contributed by atoms with Crippen LogP contribution >= 0.6 is 0 Å². The molecule has 2 rings (SSSR count). The monoisotopic (exact) mass is 247 g/mol. The molecule has 2 N–H and O–H groups in total. The van der Waals surface area contributed by atoms with Gasteiger partial charge in [-0.2, -0.15) is 0 Å². The highest BCUT2D eigenvalue weighted by atomic mass is 16.5. The lowest BCUT2D eigenvalue weighted by atomic mass is 9.86. The minimum absolute atomic E-state index is 0.000353. The first-order valence-corrected chi connectivity index (χ1v) is 6.94. The normalized spacial score (nSPS) is 18.4. The number of hydrogen-bond acceptors (Lipinski definition) is 2. The van der Waals surface area contributed by atoms with Gasteiger partial charge in [0.1, 0.15) is 0 Å². The lowest BCUT2D eigenvalue weighted by Gasteiger charge is -2.27. The zero-order valence-corrected chi connectivity index (χ0v) is 11.8. The molecular formula is C16H25NO. The minimum Gasteiger partial charge on any atom is -0.376 e. The molecule has 1 aliphatic rings. The molecule has 1 aromatic rings. The second-order valence-corrected chi connectivity index (χ2v) is 6.36. The molecule has 0 saturated heterocycles. The largest absolute Gasteiger partial charge is 0.376 e. The molecule has 2 nitrogen and oxygen atoms in total. The molecule has 0 spiro atoms. The Labute approximate surface area is 111 Å². The van der Waals surface area contributed by atoms with Crippen molar-refractivity contribution in [2.24, 2.45) is 5.73 Å². The topological polar surface area (TPSA) is 35.2 Å². The first-order valence-electron chi connectivity index (χ1n) is 6.94. The van der Waals surface area contributed by atoms with Gasteiger partial charge >= 0.3 is 0 Å². The number of rotatable bonds is 4. The number of hydrogen-bond donors (Lipinski definition) is 1. The van der Waals surface area contributed by atoms with Crippen molar-refractivity contribution < 1.29 is 4.74 Å². The molecule has 0 heterocycles. The Morgan fingerprint density at radius 2 is 1.83 bits per heavy atom. The van der Waals surface area contributed by atoms with Crippen LogP contribution in [0.5, 0.6) is 0 Å². The summed E-state index contributed by atoms with van der Waals surface area (Å²) in [7, 11) is 0. The van der Waals surface area contributed by atoms with Crippen LogP contribution in [0.2, 0.25) is 0 Å². The summed E-state index contributed by atoms with van der Waals surface area (Å²) in [5.41, 5.74) is 8.87. The van der Waals surface area contributed by atoms with Crippen LogP contribution in [0, 0.1) is 0 Å². The van der Waals surface area contributed by atoms with Crippen LogP contribution in [0.4, 0.5) is 0 Å². The Morgan fingerprint density at radius 3 is 2.28 bits per heavy atom. The summed E-state index contributed by atoms with van der Waals surface area (Å²) in [6, 6.07) is 8.63. The van der Waals surface area contributed by atoms with Crippen LogP contribution in [0.25, 0.3) is 0 Å². The van der Waals surface area contributed by atoms with Gasteiger partial charge in [-0.25, -0.2) is 0 Å². The summed E-state index contributed by atoms with van der Waals surface area (Å²) < 4.78 is 5.77. The molecule has 0 amide bonds. The molecule has 1 unspecified atom stereocenters. The highest BCUT2D eigenvalue weighted by molar-refractivity contribution is 5.29. The highest BCUT2D eigenvalue weighted by Gasteiger charge is 2.19. The van der Waals surface area contributed by atoms with Gasteiger partial charge < -0.3 is 10.5 Å². The standard InChI is InChI=1S/C16H25NO/c1-16(2,3)13-9-7-12(8-10-13)15(17)11-18-14-5-4-6-14/h7-10,14-15H,4-6,11,17H2,1-3H3. The fourth-order valence-corrected chi connectivity index (χ4v) is 2.10. The first-order chi connectivity index (χ1) is 8.47. The van der Waals surface area contributed by atoms with E-state index in [-0.39, 0.29) is 11.5 Å². The highest BCUT2D eigenvalue weighted by Crippen LogP contribution is 2.25. The second-order valence-electron chi connectivity index (χ2n) is 6.36. The number of benzene rings is 1. The van der Waals surface area contributed by atoms with Crippen LogP contribution in [0.3, 0.4) is 0 Å². The quantitative estimate of drug-likeness (QED) is 0.883. The van der Waals surface area contributed by atoms with E-state index in [1.54, 1.807) is 0 Å². The van der Waals surface area contributed by atoms with Crippen molar-refractivity contribution in [1.29, 1.82) is 0 Å². The third kappa shape index (κ3) is 3.33. The predicted octanol–water partition coefficient (Wildman–Crippen LogP) is 3.55. The van der Waals surface area contributed by atoms with E-state index < -0.39 is 0 Å². The van der Waals surface area contributed by atoms with E-state index in [9.17, 15) is 0 Å². The maximum absolute atomic E-state index is 6.16. The minimum atomic E-state index is -0.000353. The van der Waals surface area contributed by atoms with Crippen molar-refractivity contribution in [1.82, 2.24) is 0 Å². The SMILES string of the molecule is CC(C)(C)c1ccc(C(N)COC2CCC2)cc1. The maximum atomic E-state index is 6.16. The molecule has 0 radical (unpaired) electrons. The van der Waals surface area contributed by atoms with Gasteiger partial charge in [-0.15, -0.1) is 0 Å². The smallest absolute Gasteiger partial charge is 0.0663 e. The fraction of sp³-hybridized carbons (Fsp3) is 0.625. The van der Waals surface area contributed by atoms with Crippen molar-refractivity contribution in [2.45, 2.75) is 57.6 Å². The van der Waals surface area contributed by atoms with E-state index in [0.717, 1.165) is 0 Å². The van der Waals surface area contributed by atoms with Crippen LogP contribution in [-0.4, -0.2) is 12.7 Å². The van der Waals surface area contributed by atoms with E-state index in [1.807, 2.05) is 0 Å². The van der Waals surface area contributed by atoms with Crippen molar-refractivity contribution >= 4 is 0 Å². The van der Waals surface area contributed by atoms with Crippen LogP contribution in [-0.2, 0) is 10.2 Å². The Balaban J connectivity index is 1.91. The maximum Gasteiger partial charge on any atom is 0.0663 e. The lowest BCUT2D eigenvalue weighted by molar-refractivity contribution is -0.00445. The van der Waals surface area contributed by atoms with Gasteiger partial charge in [0.25, 0.3) is 0 Å². The molecule has 1 aromatic carbocycles. The average molecular weight is 247 g/mol. The van der Waals surface area contributed by atoms with Crippen molar-refractivity contribution in [3.8, 4) is 0 Å². The van der Waals surface area contributed by atoms with Crippen LogP contribution in [0.1, 0.15) is 57.2 Å². The zero-order chi connectivity index (χ0) is 13.2. The molecule has 1 saturated carbocycles. The molecule has 18 heavy (non-hydrogen) atoms. The molecule has 1 fully saturated rings. The van der Waals surface area contributed by atoms with Crippen LogP contribution < -0.4 is 5.73 Å². The number of nitrogens with two attached hydrogens (primary N) is 1. The Hall–Kier alpha value is -0.860. The predicted molar refractivity (Wildman–Crippen MR) is 75.7 cm³/mol. The van der Waals surface area contributed by atoms with E-state index in [2.05, 4.69) is 45.0 Å². The molecular weight excluding hydrogens is 222 g/mol. The molecule has 100 valence electrons. The Bertz CT molecular complexity index is 373. The molecule has 1 atom stereocenters. The van der Waals surface area contributed by atoms with Crippen molar-refractivity contribution in [3.05, 3.63) is 35.4 Å². The zero-order valence-electron chi connectivity index (χ0n) is 11.8. The van der Waals surface area contributed by atoms with Gasteiger partial charge in [0, 0.05) is 0 Å².